The van der Waals surface area contributed by atoms with Crippen LogP contribution in [0.15, 0.2) is 70.4 Å². The number of carbonyl (C=O) groups is 1. The van der Waals surface area contributed by atoms with Gasteiger partial charge in [0.1, 0.15) is 11.8 Å². The van der Waals surface area contributed by atoms with E-state index in [0.717, 1.165) is 0 Å². The van der Waals surface area contributed by atoms with Crippen molar-refractivity contribution in [3.63, 3.8) is 0 Å². The van der Waals surface area contributed by atoms with E-state index in [0.29, 0.717) is 11.3 Å². The molecule has 25 heavy (non-hydrogen) atoms. The average Bonchev–Trinajstić information content (AvgIpc) is 3.29. The predicted molar refractivity (Wildman–Crippen MR) is 90.7 cm³/mol. The molecule has 1 atom stereocenters. The third-order valence-electron chi connectivity index (χ3n) is 3.73. The molecule has 130 valence electrons. The van der Waals surface area contributed by atoms with Crippen LogP contribution in [-0.4, -0.2) is 30.5 Å². The summed E-state index contributed by atoms with van der Waals surface area (Å²) in [5.74, 6) is 0.394. The molecule has 0 aliphatic carbocycles. The third kappa shape index (κ3) is 3.86. The van der Waals surface area contributed by atoms with Gasteiger partial charge in [-0.25, -0.2) is 13.1 Å². The molecule has 2 aromatic heterocycles. The van der Waals surface area contributed by atoms with Gasteiger partial charge >= 0.3 is 0 Å². The molecule has 8 heteroatoms. The van der Waals surface area contributed by atoms with Crippen LogP contribution in [-0.2, 0) is 10.0 Å². The molecular formula is C17H17N3O4S. The Morgan fingerprint density at radius 3 is 2.76 bits per heavy atom. The minimum absolute atomic E-state index is 0.0406. The van der Waals surface area contributed by atoms with Crippen molar-refractivity contribution in [1.29, 1.82) is 0 Å². The maximum absolute atomic E-state index is 12.6. The highest BCUT2D eigenvalue weighted by atomic mass is 32.2. The normalized spacial score (nSPS) is 12.8. The fraction of sp³-hybridized carbons (Fsp3) is 0.176. The molecule has 1 aromatic carbocycles. The second-order valence-electron chi connectivity index (χ2n) is 5.45. The zero-order valence-corrected chi connectivity index (χ0v) is 14.3. The van der Waals surface area contributed by atoms with Crippen LogP contribution in [0.25, 0.3) is 0 Å². The summed E-state index contributed by atoms with van der Waals surface area (Å²) < 4.78 is 34.7. The van der Waals surface area contributed by atoms with Crippen LogP contribution in [0.5, 0.6) is 0 Å². The molecule has 0 bridgehead atoms. The standard InChI is InChI=1S/C17H17N3O4S/c1-13(21)14-5-2-6-15(11-14)25(22,23)19-12-16(17-7-3-10-24-17)20-9-4-8-18-20/h2-11,16,19H,12H2,1H3. The van der Waals surface area contributed by atoms with Gasteiger partial charge in [-0.2, -0.15) is 5.10 Å². The topological polar surface area (TPSA) is 94.2 Å². The Labute approximate surface area is 145 Å². The second kappa shape index (κ2) is 7.04. The van der Waals surface area contributed by atoms with E-state index in [9.17, 15) is 13.2 Å². The SMILES string of the molecule is CC(=O)c1cccc(S(=O)(=O)NCC(c2ccco2)n2cccn2)c1. The van der Waals surface area contributed by atoms with Crippen molar-refractivity contribution in [3.05, 3.63) is 72.4 Å². The third-order valence-corrected chi connectivity index (χ3v) is 5.15. The molecule has 7 nitrogen and oxygen atoms in total. The van der Waals surface area contributed by atoms with E-state index >= 15 is 0 Å². The number of Topliss-reactive ketones (excluding diaryl/α,β-unsaturated/α-hetero) is 1. The molecule has 1 N–H and O–H groups in total. The molecule has 0 amide bonds. The molecule has 3 aromatic rings. The Hall–Kier alpha value is -2.71. The van der Waals surface area contributed by atoms with Crippen molar-refractivity contribution in [2.24, 2.45) is 0 Å². The Morgan fingerprint density at radius 2 is 2.12 bits per heavy atom. The second-order valence-corrected chi connectivity index (χ2v) is 7.22. The summed E-state index contributed by atoms with van der Waals surface area (Å²) in [6.45, 7) is 1.45. The van der Waals surface area contributed by atoms with Gasteiger partial charge in [-0.1, -0.05) is 12.1 Å². The molecule has 0 aliphatic heterocycles. The first-order valence-electron chi connectivity index (χ1n) is 7.60. The van der Waals surface area contributed by atoms with E-state index in [1.807, 2.05) is 0 Å². The van der Waals surface area contributed by atoms with Gasteiger partial charge in [0.25, 0.3) is 0 Å². The number of aromatic nitrogens is 2. The zero-order chi connectivity index (χ0) is 17.9. The molecule has 0 saturated heterocycles. The highest BCUT2D eigenvalue weighted by Gasteiger charge is 2.22. The number of benzene rings is 1. The lowest BCUT2D eigenvalue weighted by atomic mass is 10.2. The average molecular weight is 359 g/mol. The van der Waals surface area contributed by atoms with Crippen LogP contribution in [0.2, 0.25) is 0 Å². The fourth-order valence-corrected chi connectivity index (χ4v) is 3.51. The summed E-state index contributed by atoms with van der Waals surface area (Å²) in [5.41, 5.74) is 0.345. The smallest absolute Gasteiger partial charge is 0.240 e. The Morgan fingerprint density at radius 1 is 1.28 bits per heavy atom. The number of hydrogen-bond acceptors (Lipinski definition) is 5. The van der Waals surface area contributed by atoms with Crippen LogP contribution in [0, 0.1) is 0 Å². The first-order chi connectivity index (χ1) is 12.0. The van der Waals surface area contributed by atoms with Crippen LogP contribution >= 0.6 is 0 Å². The summed E-state index contributed by atoms with van der Waals surface area (Å²) in [6, 6.07) is 10.8. The highest BCUT2D eigenvalue weighted by Crippen LogP contribution is 2.19. The number of hydrogen-bond donors (Lipinski definition) is 1. The Kier molecular flexibility index (Phi) is 4.82. The van der Waals surface area contributed by atoms with Gasteiger partial charge in [-0.3, -0.25) is 9.48 Å². The zero-order valence-electron chi connectivity index (χ0n) is 13.5. The first kappa shape index (κ1) is 17.1. The summed E-state index contributed by atoms with van der Waals surface area (Å²) in [7, 11) is -3.78. The van der Waals surface area contributed by atoms with Crippen LogP contribution in [0.4, 0.5) is 0 Å². The number of carbonyl (C=O) groups excluding carboxylic acids is 1. The number of sulfonamides is 1. The number of rotatable bonds is 7. The number of nitrogens with one attached hydrogen (secondary N) is 1. The van der Waals surface area contributed by atoms with Crippen LogP contribution in [0.1, 0.15) is 29.1 Å². The lowest BCUT2D eigenvalue weighted by molar-refractivity contribution is 0.101. The van der Waals surface area contributed by atoms with E-state index in [1.165, 1.54) is 25.3 Å². The molecular weight excluding hydrogens is 342 g/mol. The largest absolute Gasteiger partial charge is 0.467 e. The Bertz CT molecular complexity index is 913. The molecule has 2 heterocycles. The van der Waals surface area contributed by atoms with Gasteiger partial charge in [0, 0.05) is 24.5 Å². The van der Waals surface area contributed by atoms with E-state index in [4.69, 9.17) is 4.42 Å². The lowest BCUT2D eigenvalue weighted by Gasteiger charge is -2.16. The molecule has 3 rings (SSSR count). The van der Waals surface area contributed by atoms with Gasteiger partial charge < -0.3 is 4.42 Å². The maximum atomic E-state index is 12.6. The molecule has 0 saturated carbocycles. The molecule has 0 spiro atoms. The van der Waals surface area contributed by atoms with Crippen molar-refractivity contribution < 1.29 is 17.6 Å². The van der Waals surface area contributed by atoms with Crippen molar-refractivity contribution in [2.75, 3.05) is 6.54 Å². The number of ketones is 1. The number of furan rings is 1. The molecule has 0 radical (unpaired) electrons. The van der Waals surface area contributed by atoms with Gasteiger partial charge in [-0.05, 0) is 37.3 Å². The van der Waals surface area contributed by atoms with Crippen molar-refractivity contribution in [2.45, 2.75) is 17.9 Å². The molecule has 0 fully saturated rings. The summed E-state index contributed by atoms with van der Waals surface area (Å²) in [4.78, 5) is 11.5. The van der Waals surface area contributed by atoms with Crippen molar-refractivity contribution in [1.82, 2.24) is 14.5 Å². The van der Waals surface area contributed by atoms with Gasteiger partial charge in [-0.15, -0.1) is 0 Å². The van der Waals surface area contributed by atoms with E-state index in [1.54, 1.807) is 47.4 Å². The van der Waals surface area contributed by atoms with Crippen molar-refractivity contribution >= 4 is 15.8 Å². The van der Waals surface area contributed by atoms with E-state index in [-0.39, 0.29) is 17.2 Å². The molecule has 1 unspecified atom stereocenters. The van der Waals surface area contributed by atoms with Crippen molar-refractivity contribution in [3.8, 4) is 0 Å². The van der Waals surface area contributed by atoms with E-state index in [2.05, 4.69) is 9.82 Å². The first-order valence-corrected chi connectivity index (χ1v) is 9.09. The molecule has 0 aliphatic rings. The summed E-state index contributed by atoms with van der Waals surface area (Å²) in [5, 5.41) is 4.16. The maximum Gasteiger partial charge on any atom is 0.240 e. The monoisotopic (exact) mass is 359 g/mol. The van der Waals surface area contributed by atoms with E-state index < -0.39 is 16.1 Å². The highest BCUT2D eigenvalue weighted by molar-refractivity contribution is 7.89. The van der Waals surface area contributed by atoms with Gasteiger partial charge in [0.15, 0.2) is 5.78 Å². The summed E-state index contributed by atoms with van der Waals surface area (Å²) in [6.07, 6.45) is 4.87. The Balaban J connectivity index is 1.83. The lowest BCUT2D eigenvalue weighted by Crippen LogP contribution is -2.31. The minimum Gasteiger partial charge on any atom is -0.467 e. The van der Waals surface area contributed by atoms with Gasteiger partial charge in [0.05, 0.1) is 11.2 Å². The van der Waals surface area contributed by atoms with Gasteiger partial charge in [0.2, 0.25) is 10.0 Å². The fourth-order valence-electron chi connectivity index (χ4n) is 2.42. The van der Waals surface area contributed by atoms with Crippen LogP contribution in [0.3, 0.4) is 0 Å². The van der Waals surface area contributed by atoms with Crippen LogP contribution < -0.4 is 4.72 Å². The predicted octanol–water partition coefficient (Wildman–Crippen LogP) is 2.25. The number of nitrogens with zero attached hydrogens (tertiary/aromatic N) is 2. The summed E-state index contributed by atoms with van der Waals surface area (Å²) >= 11 is 0. The minimum atomic E-state index is -3.78. The quantitative estimate of drug-likeness (QED) is 0.653.